The van der Waals surface area contributed by atoms with Crippen LogP contribution in [0.5, 0.6) is 0 Å². The molecule has 0 aliphatic heterocycles. The minimum Gasteiger partial charge on any atom is -0.481 e. The molecule has 0 radical (unpaired) electrons. The van der Waals surface area contributed by atoms with E-state index in [0.717, 1.165) is 19.3 Å². The van der Waals surface area contributed by atoms with Crippen molar-refractivity contribution in [1.29, 1.82) is 0 Å². The maximum absolute atomic E-state index is 11.0. The van der Waals surface area contributed by atoms with Gasteiger partial charge in [-0.25, -0.2) is 0 Å². The number of hydrogen-bond acceptors (Lipinski definition) is 2. The molecule has 0 bridgehead atoms. The molecule has 1 fully saturated rings. The first-order valence-electron chi connectivity index (χ1n) is 6.01. The summed E-state index contributed by atoms with van der Waals surface area (Å²) in [5, 5.41) is 13.5. The molecule has 1 aliphatic rings. The summed E-state index contributed by atoms with van der Waals surface area (Å²) in [5.41, 5.74) is 0.705. The van der Waals surface area contributed by atoms with Gasteiger partial charge in [0.25, 0.3) is 0 Å². The number of carboxylic acid groups (broad SMARTS) is 1. The van der Waals surface area contributed by atoms with Crippen LogP contribution in [-0.2, 0) is 4.79 Å². The second-order valence-corrected chi connectivity index (χ2v) is 5.45. The third kappa shape index (κ3) is 3.09. The van der Waals surface area contributed by atoms with Crippen LogP contribution in [0.4, 0.5) is 5.69 Å². The molecule has 2 atom stereocenters. The van der Waals surface area contributed by atoms with Gasteiger partial charge < -0.3 is 10.4 Å². The summed E-state index contributed by atoms with van der Waals surface area (Å²) < 4.78 is 0. The highest BCUT2D eigenvalue weighted by Crippen LogP contribution is 2.33. The molecule has 2 N–H and O–H groups in total. The van der Waals surface area contributed by atoms with Crippen LogP contribution in [0, 0.1) is 5.92 Å². The van der Waals surface area contributed by atoms with Gasteiger partial charge in [-0.05, 0) is 31.4 Å². The van der Waals surface area contributed by atoms with Gasteiger partial charge in [0.05, 0.1) is 21.7 Å². The largest absolute Gasteiger partial charge is 0.481 e. The molecule has 0 spiro atoms. The average Bonchev–Trinajstić information content (AvgIpc) is 2.34. The van der Waals surface area contributed by atoms with Gasteiger partial charge in [0, 0.05) is 6.04 Å². The minimum atomic E-state index is -0.716. The van der Waals surface area contributed by atoms with Crippen molar-refractivity contribution in [1.82, 2.24) is 0 Å². The standard InChI is InChI=1S/C13H15Cl2NO2/c14-10-5-2-6-11(15)12(10)16-9-4-1-3-8(7-9)13(17)18/h2,5-6,8-9,16H,1,3-4,7H2,(H,17,18). The second-order valence-electron chi connectivity index (χ2n) is 4.64. The first kappa shape index (κ1) is 13.5. The van der Waals surface area contributed by atoms with Crippen molar-refractivity contribution in [2.24, 2.45) is 5.92 Å². The molecule has 0 aromatic heterocycles. The predicted molar refractivity (Wildman–Crippen MR) is 73.5 cm³/mol. The number of rotatable bonds is 3. The van der Waals surface area contributed by atoms with Crippen LogP contribution in [-0.4, -0.2) is 17.1 Å². The van der Waals surface area contributed by atoms with E-state index in [2.05, 4.69) is 5.32 Å². The van der Waals surface area contributed by atoms with Crippen molar-refractivity contribution in [3.63, 3.8) is 0 Å². The summed E-state index contributed by atoms with van der Waals surface area (Å²) >= 11 is 12.2. The molecule has 1 saturated carbocycles. The van der Waals surface area contributed by atoms with Crippen LogP contribution in [0.25, 0.3) is 0 Å². The topological polar surface area (TPSA) is 49.3 Å². The maximum atomic E-state index is 11.0. The van der Waals surface area contributed by atoms with E-state index in [-0.39, 0.29) is 12.0 Å². The Morgan fingerprint density at radius 3 is 2.56 bits per heavy atom. The molecule has 0 heterocycles. The molecule has 0 saturated heterocycles. The summed E-state index contributed by atoms with van der Waals surface area (Å²) in [6, 6.07) is 5.45. The number of hydrogen-bond donors (Lipinski definition) is 2. The number of benzene rings is 1. The fourth-order valence-electron chi connectivity index (χ4n) is 2.39. The highest BCUT2D eigenvalue weighted by molar-refractivity contribution is 6.39. The molecule has 0 amide bonds. The van der Waals surface area contributed by atoms with Gasteiger partial charge in [0.15, 0.2) is 0 Å². The first-order valence-corrected chi connectivity index (χ1v) is 6.77. The van der Waals surface area contributed by atoms with Crippen LogP contribution < -0.4 is 5.32 Å². The Hall–Kier alpha value is -0.930. The Kier molecular flexibility index (Phi) is 4.36. The number of para-hydroxylation sites is 1. The van der Waals surface area contributed by atoms with Crippen LogP contribution in [0.1, 0.15) is 25.7 Å². The Labute approximate surface area is 116 Å². The smallest absolute Gasteiger partial charge is 0.306 e. The van der Waals surface area contributed by atoms with Crippen LogP contribution >= 0.6 is 23.2 Å². The fraction of sp³-hybridized carbons (Fsp3) is 0.462. The predicted octanol–water partition coefficient (Wildman–Crippen LogP) is 4.05. The van der Waals surface area contributed by atoms with E-state index in [0.29, 0.717) is 22.2 Å². The summed E-state index contributed by atoms with van der Waals surface area (Å²) in [6.45, 7) is 0. The van der Waals surface area contributed by atoms with Gasteiger partial charge >= 0.3 is 5.97 Å². The van der Waals surface area contributed by atoms with Crippen LogP contribution in [0.2, 0.25) is 10.0 Å². The Bertz CT molecular complexity index is 430. The fourth-order valence-corrected chi connectivity index (χ4v) is 2.89. The van der Waals surface area contributed by atoms with E-state index in [9.17, 15) is 4.79 Å². The lowest BCUT2D eigenvalue weighted by Crippen LogP contribution is -2.31. The van der Waals surface area contributed by atoms with Crippen molar-refractivity contribution in [2.75, 3.05) is 5.32 Å². The normalized spacial score (nSPS) is 23.7. The summed E-state index contributed by atoms with van der Waals surface area (Å²) in [4.78, 5) is 11.0. The Balaban J connectivity index is 2.07. The molecule has 3 nitrogen and oxygen atoms in total. The van der Waals surface area contributed by atoms with Gasteiger partial charge in [0.2, 0.25) is 0 Å². The summed E-state index contributed by atoms with van der Waals surface area (Å²) in [5.74, 6) is -0.982. The second kappa shape index (κ2) is 5.81. The lowest BCUT2D eigenvalue weighted by molar-refractivity contribution is -0.142. The molecule has 98 valence electrons. The van der Waals surface area contributed by atoms with Crippen LogP contribution in [0.15, 0.2) is 18.2 Å². The number of nitrogens with one attached hydrogen (secondary N) is 1. The molecule has 2 rings (SSSR count). The number of anilines is 1. The van der Waals surface area contributed by atoms with E-state index in [1.165, 1.54) is 0 Å². The number of aliphatic carboxylic acids is 1. The van der Waals surface area contributed by atoms with E-state index in [1.54, 1.807) is 18.2 Å². The zero-order valence-corrected chi connectivity index (χ0v) is 11.3. The molecule has 1 aromatic carbocycles. The van der Waals surface area contributed by atoms with Crippen LogP contribution in [0.3, 0.4) is 0 Å². The van der Waals surface area contributed by atoms with Gasteiger partial charge in [-0.1, -0.05) is 35.7 Å². The average molecular weight is 288 g/mol. The monoisotopic (exact) mass is 287 g/mol. The van der Waals surface area contributed by atoms with Crippen molar-refractivity contribution in [3.8, 4) is 0 Å². The number of carbonyl (C=O) groups is 1. The number of halogens is 2. The quantitative estimate of drug-likeness (QED) is 0.882. The van der Waals surface area contributed by atoms with E-state index < -0.39 is 5.97 Å². The Morgan fingerprint density at radius 1 is 1.28 bits per heavy atom. The van der Waals surface area contributed by atoms with Crippen molar-refractivity contribution in [3.05, 3.63) is 28.2 Å². The van der Waals surface area contributed by atoms with Crippen molar-refractivity contribution >= 4 is 34.9 Å². The third-order valence-electron chi connectivity index (χ3n) is 3.33. The lowest BCUT2D eigenvalue weighted by Gasteiger charge is -2.28. The van der Waals surface area contributed by atoms with E-state index >= 15 is 0 Å². The molecular formula is C13H15Cl2NO2. The summed E-state index contributed by atoms with van der Waals surface area (Å²) in [6.07, 6.45) is 3.24. The molecule has 2 unspecified atom stereocenters. The summed E-state index contributed by atoms with van der Waals surface area (Å²) in [7, 11) is 0. The maximum Gasteiger partial charge on any atom is 0.306 e. The third-order valence-corrected chi connectivity index (χ3v) is 3.96. The van der Waals surface area contributed by atoms with Crippen molar-refractivity contribution in [2.45, 2.75) is 31.7 Å². The van der Waals surface area contributed by atoms with Crippen molar-refractivity contribution < 1.29 is 9.90 Å². The molecule has 1 aromatic rings. The highest BCUT2D eigenvalue weighted by atomic mass is 35.5. The number of carboxylic acids is 1. The van der Waals surface area contributed by atoms with Gasteiger partial charge in [-0.15, -0.1) is 0 Å². The lowest BCUT2D eigenvalue weighted by atomic mass is 9.85. The van der Waals surface area contributed by atoms with E-state index in [1.807, 2.05) is 0 Å². The van der Waals surface area contributed by atoms with Gasteiger partial charge in [-0.3, -0.25) is 4.79 Å². The minimum absolute atomic E-state index is 0.122. The first-order chi connectivity index (χ1) is 8.58. The van der Waals surface area contributed by atoms with Gasteiger partial charge in [-0.2, -0.15) is 0 Å². The Morgan fingerprint density at radius 2 is 1.94 bits per heavy atom. The molecule has 5 heteroatoms. The SMILES string of the molecule is O=C(O)C1CCCC(Nc2c(Cl)cccc2Cl)C1. The zero-order valence-electron chi connectivity index (χ0n) is 9.83. The zero-order chi connectivity index (χ0) is 13.1. The van der Waals surface area contributed by atoms with E-state index in [4.69, 9.17) is 28.3 Å². The molecular weight excluding hydrogens is 273 g/mol. The highest BCUT2D eigenvalue weighted by Gasteiger charge is 2.27. The molecule has 18 heavy (non-hydrogen) atoms. The van der Waals surface area contributed by atoms with Gasteiger partial charge in [0.1, 0.15) is 0 Å². The molecule has 1 aliphatic carbocycles.